The molecule has 0 aromatic carbocycles. The van der Waals surface area contributed by atoms with Crippen LogP contribution in [0.4, 0.5) is 0 Å². The molecule has 4 aliphatic rings. The first-order valence-electron chi connectivity index (χ1n) is 14.4. The summed E-state index contributed by atoms with van der Waals surface area (Å²) in [6.45, 7) is 5.33. The summed E-state index contributed by atoms with van der Waals surface area (Å²) in [7, 11) is 1.68. The van der Waals surface area contributed by atoms with Crippen LogP contribution in [0, 0.1) is 6.92 Å². The molecule has 1 unspecified atom stereocenters. The van der Waals surface area contributed by atoms with Gasteiger partial charge in [-0.2, -0.15) is 0 Å². The van der Waals surface area contributed by atoms with Gasteiger partial charge in [0.2, 0.25) is 0 Å². The van der Waals surface area contributed by atoms with Crippen LogP contribution in [-0.4, -0.2) is 72.0 Å². The van der Waals surface area contributed by atoms with E-state index in [1.54, 1.807) is 34.1 Å². The van der Waals surface area contributed by atoms with Crippen LogP contribution in [0.25, 0.3) is 0 Å². The highest BCUT2D eigenvalue weighted by atomic mass is 35.5. The summed E-state index contributed by atoms with van der Waals surface area (Å²) in [5.74, 6) is 0.191. The van der Waals surface area contributed by atoms with Crippen molar-refractivity contribution in [2.45, 2.75) is 58.3 Å². The minimum absolute atomic E-state index is 0.107. The number of fused-ring (bicyclic) bond motifs is 1. The number of amides is 2. The van der Waals surface area contributed by atoms with Crippen molar-refractivity contribution in [3.8, 4) is 0 Å². The van der Waals surface area contributed by atoms with E-state index in [0.29, 0.717) is 65.5 Å². The standard InChI is InChI=1S/C30H30Cl2N6O4S2/c1-14-8-33-26(43-14)30(42)37-10-18-15(2)23(31)29(41)38(21(18)13-37)7-6-17-19-11-36(12-20(19)35(3)28(40)24(17)32)27(39)22-9-34-25(44-22)16-4-5-16/h8-9,16,29,41H,4-7,10-13H2,1-3H3. The van der Waals surface area contributed by atoms with Crippen LogP contribution in [0.15, 0.2) is 39.1 Å². The molecule has 3 aliphatic heterocycles. The molecule has 44 heavy (non-hydrogen) atoms. The first-order valence-corrected chi connectivity index (χ1v) is 16.8. The van der Waals surface area contributed by atoms with E-state index < -0.39 is 6.23 Å². The summed E-state index contributed by atoms with van der Waals surface area (Å²) in [6, 6.07) is 0. The van der Waals surface area contributed by atoms with E-state index in [4.69, 9.17) is 23.2 Å². The Balaban J connectivity index is 1.14. The molecule has 0 radical (unpaired) electrons. The zero-order valence-electron chi connectivity index (χ0n) is 24.4. The molecule has 1 atom stereocenters. The van der Waals surface area contributed by atoms with Crippen LogP contribution in [-0.2, 0) is 26.6 Å². The maximum atomic E-state index is 13.5. The van der Waals surface area contributed by atoms with Gasteiger partial charge in [0, 0.05) is 55.1 Å². The molecule has 230 valence electrons. The highest BCUT2D eigenvalue weighted by molar-refractivity contribution is 7.14. The van der Waals surface area contributed by atoms with E-state index in [1.165, 1.54) is 27.2 Å². The van der Waals surface area contributed by atoms with Gasteiger partial charge in [-0.1, -0.05) is 23.2 Å². The van der Waals surface area contributed by atoms with Gasteiger partial charge >= 0.3 is 0 Å². The number of halogens is 2. The maximum Gasteiger partial charge on any atom is 0.283 e. The molecule has 7 rings (SSSR count). The molecule has 10 nitrogen and oxygen atoms in total. The number of carbonyl (C=O) groups is 2. The first kappa shape index (κ1) is 29.7. The van der Waals surface area contributed by atoms with Crippen molar-refractivity contribution in [2.75, 3.05) is 19.6 Å². The van der Waals surface area contributed by atoms with Crippen molar-refractivity contribution in [3.05, 3.63) is 86.2 Å². The lowest BCUT2D eigenvalue weighted by molar-refractivity contribution is 0.0569. The number of pyridine rings is 1. The quantitative estimate of drug-likeness (QED) is 0.413. The van der Waals surface area contributed by atoms with Gasteiger partial charge in [0.15, 0.2) is 11.2 Å². The number of rotatable bonds is 6. The molecule has 2 amide bonds. The average Bonchev–Trinajstić information content (AvgIpc) is 3.41. The van der Waals surface area contributed by atoms with Gasteiger partial charge in [-0.05, 0) is 55.4 Å². The van der Waals surface area contributed by atoms with Crippen LogP contribution >= 0.6 is 45.9 Å². The first-order chi connectivity index (χ1) is 21.0. The molecule has 14 heteroatoms. The van der Waals surface area contributed by atoms with Gasteiger partial charge < -0.3 is 24.4 Å². The van der Waals surface area contributed by atoms with Crippen LogP contribution in [0.1, 0.15) is 71.9 Å². The predicted octanol–water partition coefficient (Wildman–Crippen LogP) is 4.39. The zero-order valence-corrected chi connectivity index (χ0v) is 27.5. The van der Waals surface area contributed by atoms with Crippen molar-refractivity contribution >= 4 is 57.7 Å². The highest BCUT2D eigenvalue weighted by Crippen LogP contribution is 2.42. The predicted molar refractivity (Wildman–Crippen MR) is 169 cm³/mol. The van der Waals surface area contributed by atoms with E-state index in [9.17, 15) is 19.5 Å². The molecule has 6 heterocycles. The second-order valence-corrected chi connectivity index (χ2v) is 14.8. The van der Waals surface area contributed by atoms with E-state index in [1.807, 2.05) is 13.8 Å². The fraction of sp³-hybridized carbons (Fsp3) is 0.433. The minimum Gasteiger partial charge on any atom is -0.368 e. The molecule has 1 N–H and O–H groups in total. The van der Waals surface area contributed by atoms with Crippen LogP contribution in [0.2, 0.25) is 5.02 Å². The van der Waals surface area contributed by atoms with Crippen molar-refractivity contribution in [1.82, 2.24) is 29.2 Å². The lowest BCUT2D eigenvalue weighted by Crippen LogP contribution is -2.41. The molecule has 1 aliphatic carbocycles. The fourth-order valence-corrected chi connectivity index (χ4v) is 8.60. The molecule has 0 saturated heterocycles. The lowest BCUT2D eigenvalue weighted by atomic mass is 10.00. The second-order valence-electron chi connectivity index (χ2n) is 11.7. The smallest absolute Gasteiger partial charge is 0.283 e. The Bertz CT molecular complexity index is 1860. The van der Waals surface area contributed by atoms with Crippen molar-refractivity contribution < 1.29 is 14.7 Å². The van der Waals surface area contributed by atoms with Gasteiger partial charge in [0.05, 0.1) is 29.3 Å². The molecule has 3 aromatic heterocycles. The number of aliphatic hydroxyl groups excluding tert-OH is 1. The lowest BCUT2D eigenvalue weighted by Gasteiger charge is -2.36. The summed E-state index contributed by atoms with van der Waals surface area (Å²) >= 11 is 16.1. The summed E-state index contributed by atoms with van der Waals surface area (Å²) in [4.78, 5) is 55.4. The third kappa shape index (κ3) is 4.91. The highest BCUT2D eigenvalue weighted by Gasteiger charge is 2.39. The Morgan fingerprint density at radius 1 is 1.02 bits per heavy atom. The summed E-state index contributed by atoms with van der Waals surface area (Å²) in [5, 5.41) is 13.1. The zero-order chi connectivity index (χ0) is 31.0. The SMILES string of the molecule is CC1=C(Cl)C(O)N(CCc2c3c(n(C)c(=O)c2Cl)CN(C(=O)c2cnc(C4CC4)s2)C3)C2=C1CN(C(=O)c1ncc(C)s1)C2. The van der Waals surface area contributed by atoms with E-state index in [0.717, 1.165) is 50.8 Å². The van der Waals surface area contributed by atoms with Crippen LogP contribution < -0.4 is 5.56 Å². The summed E-state index contributed by atoms with van der Waals surface area (Å²) in [6.07, 6.45) is 4.81. The van der Waals surface area contributed by atoms with Crippen LogP contribution in [0.5, 0.6) is 0 Å². The molecule has 1 fully saturated rings. The largest absolute Gasteiger partial charge is 0.368 e. The summed E-state index contributed by atoms with van der Waals surface area (Å²) < 4.78 is 1.52. The monoisotopic (exact) mass is 672 g/mol. The van der Waals surface area contributed by atoms with Gasteiger partial charge in [0.1, 0.15) is 9.90 Å². The molecule has 0 spiro atoms. The molecule has 3 aromatic rings. The van der Waals surface area contributed by atoms with E-state index in [-0.39, 0.29) is 22.4 Å². The molecule has 1 saturated carbocycles. The number of aryl methyl sites for hydroxylation is 1. The fourth-order valence-electron chi connectivity index (χ4n) is 6.25. The molecular formula is C30H30Cl2N6O4S2. The van der Waals surface area contributed by atoms with E-state index >= 15 is 0 Å². The van der Waals surface area contributed by atoms with Gasteiger partial charge in [0.25, 0.3) is 17.4 Å². The minimum atomic E-state index is -1.10. The topological polar surface area (TPSA) is 112 Å². The Morgan fingerprint density at radius 3 is 2.48 bits per heavy atom. The Hall–Kier alpha value is -3.03. The van der Waals surface area contributed by atoms with E-state index in [2.05, 4.69) is 9.97 Å². The number of aliphatic hydroxyl groups is 1. The second kappa shape index (κ2) is 11.1. The Kier molecular flexibility index (Phi) is 7.48. The molecular weight excluding hydrogens is 643 g/mol. The van der Waals surface area contributed by atoms with Gasteiger partial charge in [-0.3, -0.25) is 14.4 Å². The Morgan fingerprint density at radius 2 is 1.77 bits per heavy atom. The summed E-state index contributed by atoms with van der Waals surface area (Å²) in [5.41, 5.74) is 4.39. The maximum absolute atomic E-state index is 13.5. The number of hydrogen-bond donors (Lipinski definition) is 1. The van der Waals surface area contributed by atoms with Crippen LogP contribution in [0.3, 0.4) is 0 Å². The normalized spacial score (nSPS) is 19.8. The number of carbonyl (C=O) groups excluding carboxylic acids is 2. The van der Waals surface area contributed by atoms with Crippen molar-refractivity contribution in [2.24, 2.45) is 7.05 Å². The van der Waals surface area contributed by atoms with Crippen molar-refractivity contribution in [1.29, 1.82) is 0 Å². The third-order valence-corrected chi connectivity index (χ3v) is 11.8. The number of aromatic nitrogens is 3. The number of nitrogens with zero attached hydrogens (tertiary/aromatic N) is 6. The Labute approximate surface area is 271 Å². The van der Waals surface area contributed by atoms with Gasteiger partial charge in [-0.15, -0.1) is 22.7 Å². The van der Waals surface area contributed by atoms with Crippen molar-refractivity contribution in [3.63, 3.8) is 0 Å². The number of thiazole rings is 2. The number of hydrogen-bond acceptors (Lipinski definition) is 9. The average molecular weight is 674 g/mol. The molecule has 0 bridgehead atoms. The van der Waals surface area contributed by atoms with Gasteiger partial charge in [-0.25, -0.2) is 9.97 Å². The third-order valence-electron chi connectivity index (χ3n) is 8.92.